The molecule has 4 heteroatoms. The summed E-state index contributed by atoms with van der Waals surface area (Å²) in [6.45, 7) is 2.02. The number of aryl methyl sites for hydroxylation is 1. The van der Waals surface area contributed by atoms with Crippen molar-refractivity contribution in [1.82, 2.24) is 0 Å². The molecule has 2 aromatic carbocycles. The van der Waals surface area contributed by atoms with Gasteiger partial charge in [-0.3, -0.25) is 4.79 Å². The van der Waals surface area contributed by atoms with Crippen LogP contribution in [0.1, 0.15) is 12.0 Å². The van der Waals surface area contributed by atoms with E-state index in [1.54, 1.807) is 18.9 Å². The molecule has 1 amide bonds. The molecule has 0 unspecified atom stereocenters. The lowest BCUT2D eigenvalue weighted by Gasteiger charge is -2.06. The van der Waals surface area contributed by atoms with Gasteiger partial charge in [0, 0.05) is 22.8 Å². The first-order chi connectivity index (χ1) is 10.2. The minimum Gasteiger partial charge on any atom is -0.497 e. The van der Waals surface area contributed by atoms with Crippen LogP contribution in [0.4, 0.5) is 5.69 Å². The Labute approximate surface area is 129 Å². The largest absolute Gasteiger partial charge is 0.497 e. The summed E-state index contributed by atoms with van der Waals surface area (Å²) < 4.78 is 5.11. The van der Waals surface area contributed by atoms with Crippen molar-refractivity contribution in [2.24, 2.45) is 0 Å². The Hall–Kier alpha value is -1.94. The number of carbonyl (C=O) groups excluding carboxylic acids is 1. The van der Waals surface area contributed by atoms with E-state index in [9.17, 15) is 4.79 Å². The summed E-state index contributed by atoms with van der Waals surface area (Å²) in [5.74, 6) is 1.64. The van der Waals surface area contributed by atoms with Gasteiger partial charge in [-0.05, 0) is 43.3 Å². The molecule has 0 aliphatic rings. The maximum atomic E-state index is 11.8. The van der Waals surface area contributed by atoms with Crippen molar-refractivity contribution in [1.29, 1.82) is 0 Å². The number of rotatable bonds is 6. The smallest absolute Gasteiger partial charge is 0.225 e. The fraction of sp³-hybridized carbons (Fsp3) is 0.235. The van der Waals surface area contributed by atoms with E-state index in [1.165, 1.54) is 5.56 Å². The summed E-state index contributed by atoms with van der Waals surface area (Å²) in [6, 6.07) is 15.7. The Kier molecular flexibility index (Phi) is 5.69. The van der Waals surface area contributed by atoms with Gasteiger partial charge in [0.25, 0.3) is 0 Å². The van der Waals surface area contributed by atoms with Gasteiger partial charge < -0.3 is 10.1 Å². The van der Waals surface area contributed by atoms with E-state index in [1.807, 2.05) is 55.5 Å². The van der Waals surface area contributed by atoms with Crippen LogP contribution >= 0.6 is 11.8 Å². The van der Waals surface area contributed by atoms with Crippen LogP contribution in [0.3, 0.4) is 0 Å². The Morgan fingerprint density at radius 2 is 1.76 bits per heavy atom. The van der Waals surface area contributed by atoms with Gasteiger partial charge in [0.1, 0.15) is 5.75 Å². The van der Waals surface area contributed by atoms with E-state index in [0.29, 0.717) is 6.42 Å². The van der Waals surface area contributed by atoms with E-state index < -0.39 is 0 Å². The molecule has 0 aromatic heterocycles. The molecular formula is C17H19NO2S. The second kappa shape index (κ2) is 7.74. The van der Waals surface area contributed by atoms with Crippen LogP contribution in [0.5, 0.6) is 5.75 Å². The number of thioether (sulfide) groups is 1. The number of hydrogen-bond acceptors (Lipinski definition) is 3. The lowest BCUT2D eigenvalue weighted by molar-refractivity contribution is -0.115. The first kappa shape index (κ1) is 15.4. The zero-order chi connectivity index (χ0) is 15.1. The van der Waals surface area contributed by atoms with Gasteiger partial charge in [-0.2, -0.15) is 0 Å². The van der Waals surface area contributed by atoms with Crippen LogP contribution in [-0.4, -0.2) is 18.8 Å². The fourth-order valence-electron chi connectivity index (χ4n) is 1.79. The Balaban J connectivity index is 1.74. The van der Waals surface area contributed by atoms with E-state index >= 15 is 0 Å². The SMILES string of the molecule is COc1ccc(SCCC(=O)Nc2ccc(C)cc2)cc1. The summed E-state index contributed by atoms with van der Waals surface area (Å²) in [5.41, 5.74) is 2.03. The number of hydrogen-bond donors (Lipinski definition) is 1. The van der Waals surface area contributed by atoms with E-state index in [2.05, 4.69) is 5.32 Å². The Morgan fingerprint density at radius 3 is 2.38 bits per heavy atom. The minimum atomic E-state index is 0.0415. The van der Waals surface area contributed by atoms with Crippen LogP contribution in [-0.2, 0) is 4.79 Å². The molecule has 0 aliphatic heterocycles. The normalized spacial score (nSPS) is 10.2. The summed E-state index contributed by atoms with van der Waals surface area (Å²) in [5, 5.41) is 2.90. The molecule has 110 valence electrons. The third-order valence-corrected chi connectivity index (χ3v) is 4.01. The first-order valence-corrected chi connectivity index (χ1v) is 7.79. The van der Waals surface area contributed by atoms with Gasteiger partial charge in [0.15, 0.2) is 0 Å². The molecule has 3 nitrogen and oxygen atoms in total. The lowest BCUT2D eigenvalue weighted by Crippen LogP contribution is -2.12. The van der Waals surface area contributed by atoms with E-state index in [-0.39, 0.29) is 5.91 Å². The summed E-state index contributed by atoms with van der Waals surface area (Å²) in [6.07, 6.45) is 0.491. The van der Waals surface area contributed by atoms with E-state index in [4.69, 9.17) is 4.74 Å². The molecule has 0 spiro atoms. The van der Waals surface area contributed by atoms with Gasteiger partial charge in [-0.1, -0.05) is 17.7 Å². The van der Waals surface area contributed by atoms with Crippen LogP contribution < -0.4 is 10.1 Å². The zero-order valence-electron chi connectivity index (χ0n) is 12.3. The van der Waals surface area contributed by atoms with Gasteiger partial charge in [0.2, 0.25) is 5.91 Å². The van der Waals surface area contributed by atoms with E-state index in [0.717, 1.165) is 22.1 Å². The van der Waals surface area contributed by atoms with Crippen LogP contribution in [0.15, 0.2) is 53.4 Å². The second-order valence-electron chi connectivity index (χ2n) is 4.69. The quantitative estimate of drug-likeness (QED) is 0.815. The highest BCUT2D eigenvalue weighted by atomic mass is 32.2. The molecule has 0 heterocycles. The zero-order valence-corrected chi connectivity index (χ0v) is 13.1. The van der Waals surface area contributed by atoms with Crippen molar-refractivity contribution in [2.75, 3.05) is 18.2 Å². The van der Waals surface area contributed by atoms with Crippen molar-refractivity contribution < 1.29 is 9.53 Å². The number of nitrogens with one attached hydrogen (secondary N) is 1. The summed E-state index contributed by atoms with van der Waals surface area (Å²) >= 11 is 1.66. The van der Waals surface area contributed by atoms with Crippen molar-refractivity contribution in [3.8, 4) is 5.75 Å². The highest BCUT2D eigenvalue weighted by Crippen LogP contribution is 2.22. The number of methoxy groups -OCH3 is 1. The molecule has 0 saturated heterocycles. The Morgan fingerprint density at radius 1 is 1.10 bits per heavy atom. The molecule has 21 heavy (non-hydrogen) atoms. The standard InChI is InChI=1S/C17H19NO2S/c1-13-3-5-14(6-4-13)18-17(19)11-12-21-16-9-7-15(20-2)8-10-16/h3-10H,11-12H2,1-2H3,(H,18,19). The maximum absolute atomic E-state index is 11.8. The van der Waals surface area contributed by atoms with Gasteiger partial charge >= 0.3 is 0 Å². The van der Waals surface area contributed by atoms with Gasteiger partial charge in [-0.15, -0.1) is 11.8 Å². The molecule has 0 aliphatic carbocycles. The average Bonchev–Trinajstić information content (AvgIpc) is 2.50. The van der Waals surface area contributed by atoms with Crippen molar-refractivity contribution in [3.63, 3.8) is 0 Å². The molecule has 2 aromatic rings. The topological polar surface area (TPSA) is 38.3 Å². The third kappa shape index (κ3) is 5.16. The summed E-state index contributed by atoms with van der Waals surface area (Å²) in [7, 11) is 1.65. The van der Waals surface area contributed by atoms with Crippen molar-refractivity contribution in [3.05, 3.63) is 54.1 Å². The number of amides is 1. The number of ether oxygens (including phenoxy) is 1. The monoisotopic (exact) mass is 301 g/mol. The van der Waals surface area contributed by atoms with Crippen LogP contribution in [0.25, 0.3) is 0 Å². The fourth-order valence-corrected chi connectivity index (χ4v) is 2.65. The molecule has 0 atom stereocenters. The predicted molar refractivity (Wildman–Crippen MR) is 88.1 cm³/mol. The lowest BCUT2D eigenvalue weighted by atomic mass is 10.2. The molecule has 0 bridgehead atoms. The number of carbonyl (C=O) groups is 1. The van der Waals surface area contributed by atoms with Crippen molar-refractivity contribution in [2.45, 2.75) is 18.2 Å². The third-order valence-electron chi connectivity index (χ3n) is 2.99. The molecule has 0 radical (unpaired) electrons. The molecule has 2 rings (SSSR count). The number of benzene rings is 2. The van der Waals surface area contributed by atoms with Crippen molar-refractivity contribution >= 4 is 23.4 Å². The molecule has 0 fully saturated rings. The van der Waals surface area contributed by atoms with Crippen LogP contribution in [0.2, 0.25) is 0 Å². The minimum absolute atomic E-state index is 0.0415. The predicted octanol–water partition coefficient (Wildman–Crippen LogP) is 4.12. The highest BCUT2D eigenvalue weighted by molar-refractivity contribution is 7.99. The molecule has 1 N–H and O–H groups in total. The maximum Gasteiger partial charge on any atom is 0.225 e. The van der Waals surface area contributed by atoms with Gasteiger partial charge in [0.05, 0.1) is 7.11 Å². The average molecular weight is 301 g/mol. The number of anilines is 1. The Bertz CT molecular complexity index is 579. The molecule has 0 saturated carbocycles. The van der Waals surface area contributed by atoms with Crippen LogP contribution in [0, 0.1) is 6.92 Å². The second-order valence-corrected chi connectivity index (χ2v) is 5.86. The molecular weight excluding hydrogens is 282 g/mol. The van der Waals surface area contributed by atoms with Gasteiger partial charge in [-0.25, -0.2) is 0 Å². The first-order valence-electron chi connectivity index (χ1n) is 6.81. The highest BCUT2D eigenvalue weighted by Gasteiger charge is 2.03. The summed E-state index contributed by atoms with van der Waals surface area (Å²) in [4.78, 5) is 13.0.